The Kier molecular flexibility index (Phi) is 5.53. The predicted octanol–water partition coefficient (Wildman–Crippen LogP) is 1.70. The van der Waals surface area contributed by atoms with Gasteiger partial charge in [-0.25, -0.2) is 0 Å². The Morgan fingerprint density at radius 1 is 1.23 bits per heavy atom. The van der Waals surface area contributed by atoms with E-state index in [9.17, 15) is 14.7 Å². The van der Waals surface area contributed by atoms with Crippen LogP contribution in [0.2, 0.25) is 0 Å². The van der Waals surface area contributed by atoms with Crippen molar-refractivity contribution in [2.75, 3.05) is 6.61 Å². The average molecular weight is 354 g/mol. The van der Waals surface area contributed by atoms with Gasteiger partial charge in [0.1, 0.15) is 24.4 Å². The summed E-state index contributed by atoms with van der Waals surface area (Å²) in [4.78, 5) is 24.5. The first-order valence-electron chi connectivity index (χ1n) is 8.59. The van der Waals surface area contributed by atoms with E-state index in [1.165, 1.54) is 0 Å². The standard InChI is InChI=1S/C20H22N2O4/c1-13(15-5-3-2-4-6-15)21-19(24)18-12-26-20(25)17(22-18)11-14-7-9-16(23)10-8-14/h2-10,13,17-18,22-23H,11-12H2,1H3,(H,21,24)/t13-,17-,18-/m0/s1. The van der Waals surface area contributed by atoms with Gasteiger partial charge in [-0.15, -0.1) is 0 Å². The molecule has 6 heteroatoms. The molecule has 1 fully saturated rings. The quantitative estimate of drug-likeness (QED) is 0.712. The molecule has 2 aromatic rings. The second kappa shape index (κ2) is 8.01. The number of benzene rings is 2. The van der Waals surface area contributed by atoms with Crippen molar-refractivity contribution in [3.63, 3.8) is 0 Å². The maximum absolute atomic E-state index is 12.5. The minimum absolute atomic E-state index is 0.0122. The van der Waals surface area contributed by atoms with Crippen LogP contribution in [-0.4, -0.2) is 35.7 Å². The van der Waals surface area contributed by atoms with Crippen LogP contribution in [0.4, 0.5) is 0 Å². The SMILES string of the molecule is C[C@H](NC(=O)[C@@H]1COC(=O)[C@H](Cc2ccc(O)cc2)N1)c1ccccc1. The van der Waals surface area contributed by atoms with E-state index in [-0.39, 0.29) is 30.3 Å². The number of ether oxygens (including phenoxy) is 1. The molecule has 3 atom stereocenters. The average Bonchev–Trinajstić information content (AvgIpc) is 2.66. The fraction of sp³-hybridized carbons (Fsp3) is 0.300. The van der Waals surface area contributed by atoms with E-state index in [0.717, 1.165) is 11.1 Å². The molecule has 0 aromatic heterocycles. The molecule has 1 amide bonds. The zero-order chi connectivity index (χ0) is 18.5. The Morgan fingerprint density at radius 3 is 2.62 bits per heavy atom. The molecule has 1 heterocycles. The molecule has 1 aliphatic heterocycles. The second-order valence-corrected chi connectivity index (χ2v) is 6.41. The van der Waals surface area contributed by atoms with Crippen LogP contribution in [0.25, 0.3) is 0 Å². The molecule has 2 aromatic carbocycles. The number of hydrogen-bond donors (Lipinski definition) is 3. The molecule has 3 N–H and O–H groups in total. The Labute approximate surface area is 152 Å². The number of nitrogens with one attached hydrogen (secondary N) is 2. The maximum atomic E-state index is 12.5. The molecule has 0 unspecified atom stereocenters. The molecule has 136 valence electrons. The highest BCUT2D eigenvalue weighted by Gasteiger charge is 2.34. The number of phenols is 1. The van der Waals surface area contributed by atoms with Crippen molar-refractivity contribution in [3.05, 3.63) is 65.7 Å². The largest absolute Gasteiger partial charge is 0.508 e. The number of hydrogen-bond acceptors (Lipinski definition) is 5. The van der Waals surface area contributed by atoms with Gasteiger partial charge in [-0.1, -0.05) is 42.5 Å². The summed E-state index contributed by atoms with van der Waals surface area (Å²) in [6.45, 7) is 1.92. The van der Waals surface area contributed by atoms with Crippen LogP contribution < -0.4 is 10.6 Å². The number of cyclic esters (lactones) is 1. The molecule has 0 aliphatic carbocycles. The number of phenolic OH excluding ortho intramolecular Hbond substituents is 1. The van der Waals surface area contributed by atoms with Gasteiger partial charge in [0.2, 0.25) is 5.91 Å². The van der Waals surface area contributed by atoms with Crippen LogP contribution in [0.3, 0.4) is 0 Å². The van der Waals surface area contributed by atoms with Gasteiger partial charge in [-0.05, 0) is 36.6 Å². The number of rotatable bonds is 5. The monoisotopic (exact) mass is 354 g/mol. The molecule has 0 radical (unpaired) electrons. The lowest BCUT2D eigenvalue weighted by molar-refractivity contribution is -0.153. The molecule has 26 heavy (non-hydrogen) atoms. The van der Waals surface area contributed by atoms with Crippen LogP contribution >= 0.6 is 0 Å². The van der Waals surface area contributed by atoms with Crippen molar-refractivity contribution in [3.8, 4) is 5.75 Å². The number of carbonyl (C=O) groups excluding carboxylic acids is 2. The summed E-state index contributed by atoms with van der Waals surface area (Å²) in [6.07, 6.45) is 0.386. The third-order valence-electron chi connectivity index (χ3n) is 4.43. The molecule has 3 rings (SSSR count). The minimum atomic E-state index is -0.601. The first-order valence-corrected chi connectivity index (χ1v) is 8.59. The lowest BCUT2D eigenvalue weighted by atomic mass is 10.0. The zero-order valence-corrected chi connectivity index (χ0v) is 14.5. The minimum Gasteiger partial charge on any atom is -0.508 e. The van der Waals surface area contributed by atoms with E-state index >= 15 is 0 Å². The van der Waals surface area contributed by atoms with Crippen LogP contribution in [0.15, 0.2) is 54.6 Å². The van der Waals surface area contributed by atoms with E-state index in [0.29, 0.717) is 6.42 Å². The third-order valence-corrected chi connectivity index (χ3v) is 4.43. The Morgan fingerprint density at radius 2 is 1.92 bits per heavy atom. The highest BCUT2D eigenvalue weighted by molar-refractivity contribution is 5.86. The van der Waals surface area contributed by atoms with Crippen LogP contribution in [0.1, 0.15) is 24.1 Å². The van der Waals surface area contributed by atoms with Crippen LogP contribution in [0.5, 0.6) is 5.75 Å². The number of esters is 1. The molecular formula is C20H22N2O4. The van der Waals surface area contributed by atoms with Gasteiger partial charge in [0, 0.05) is 0 Å². The van der Waals surface area contributed by atoms with Crippen molar-refractivity contribution in [2.45, 2.75) is 31.5 Å². The topological polar surface area (TPSA) is 87.7 Å². The van der Waals surface area contributed by atoms with Crippen molar-refractivity contribution in [2.24, 2.45) is 0 Å². The van der Waals surface area contributed by atoms with Gasteiger partial charge in [-0.3, -0.25) is 14.9 Å². The van der Waals surface area contributed by atoms with Gasteiger partial charge < -0.3 is 15.2 Å². The van der Waals surface area contributed by atoms with Gasteiger partial charge >= 0.3 is 5.97 Å². The molecule has 1 aliphatic rings. The summed E-state index contributed by atoms with van der Waals surface area (Å²) < 4.78 is 5.20. The van der Waals surface area contributed by atoms with Crippen LogP contribution in [0, 0.1) is 0 Å². The van der Waals surface area contributed by atoms with E-state index < -0.39 is 12.1 Å². The number of morpholine rings is 1. The highest BCUT2D eigenvalue weighted by atomic mass is 16.5. The van der Waals surface area contributed by atoms with Gasteiger partial charge in [0.05, 0.1) is 6.04 Å². The Hall–Kier alpha value is -2.86. The summed E-state index contributed by atoms with van der Waals surface area (Å²) in [5, 5.41) is 15.4. The summed E-state index contributed by atoms with van der Waals surface area (Å²) in [7, 11) is 0. The Bertz CT molecular complexity index is 761. The van der Waals surface area contributed by atoms with E-state index in [1.807, 2.05) is 37.3 Å². The van der Waals surface area contributed by atoms with Crippen LogP contribution in [-0.2, 0) is 20.7 Å². The van der Waals surface area contributed by atoms with Crippen molar-refractivity contribution < 1.29 is 19.4 Å². The van der Waals surface area contributed by atoms with Crippen molar-refractivity contribution >= 4 is 11.9 Å². The predicted molar refractivity (Wildman–Crippen MR) is 96.5 cm³/mol. The Balaban J connectivity index is 1.60. The summed E-state index contributed by atoms with van der Waals surface area (Å²) in [5.41, 5.74) is 1.88. The van der Waals surface area contributed by atoms with E-state index in [4.69, 9.17) is 4.74 Å². The maximum Gasteiger partial charge on any atom is 0.323 e. The summed E-state index contributed by atoms with van der Waals surface area (Å²) >= 11 is 0. The highest BCUT2D eigenvalue weighted by Crippen LogP contribution is 2.15. The summed E-state index contributed by atoms with van der Waals surface area (Å²) in [5.74, 6) is -0.414. The molecule has 1 saturated heterocycles. The number of aromatic hydroxyl groups is 1. The van der Waals surface area contributed by atoms with E-state index in [1.54, 1.807) is 24.3 Å². The van der Waals surface area contributed by atoms with Gasteiger partial charge in [0.25, 0.3) is 0 Å². The smallest absolute Gasteiger partial charge is 0.323 e. The number of carbonyl (C=O) groups is 2. The van der Waals surface area contributed by atoms with Crippen molar-refractivity contribution in [1.82, 2.24) is 10.6 Å². The van der Waals surface area contributed by atoms with Gasteiger partial charge in [0.15, 0.2) is 0 Å². The molecule has 0 spiro atoms. The third kappa shape index (κ3) is 4.40. The fourth-order valence-corrected chi connectivity index (χ4v) is 2.93. The second-order valence-electron chi connectivity index (χ2n) is 6.41. The van der Waals surface area contributed by atoms with Crippen molar-refractivity contribution in [1.29, 1.82) is 0 Å². The normalized spacial score (nSPS) is 20.9. The molecule has 0 bridgehead atoms. The molecule has 0 saturated carbocycles. The summed E-state index contributed by atoms with van der Waals surface area (Å²) in [6, 6.07) is 14.9. The van der Waals surface area contributed by atoms with E-state index in [2.05, 4.69) is 10.6 Å². The molecule has 6 nitrogen and oxygen atoms in total. The zero-order valence-electron chi connectivity index (χ0n) is 14.5. The first kappa shape index (κ1) is 17.9. The number of amides is 1. The molecular weight excluding hydrogens is 332 g/mol. The first-order chi connectivity index (χ1) is 12.5. The lowest BCUT2D eigenvalue weighted by Gasteiger charge is -2.30. The fourth-order valence-electron chi connectivity index (χ4n) is 2.93. The van der Waals surface area contributed by atoms with Gasteiger partial charge in [-0.2, -0.15) is 0 Å². The lowest BCUT2D eigenvalue weighted by Crippen LogP contribution is -2.58.